The second-order valence-corrected chi connectivity index (χ2v) is 15.2. The summed E-state index contributed by atoms with van der Waals surface area (Å²) in [5.41, 5.74) is 1.64. The zero-order valence-electron chi connectivity index (χ0n) is 16.6. The van der Waals surface area contributed by atoms with Gasteiger partial charge in [0.15, 0.2) is 0 Å². The molecule has 3 nitrogen and oxygen atoms in total. The Morgan fingerprint density at radius 2 is 1.71 bits per heavy atom. The molecule has 1 rings (SSSR count). The van der Waals surface area contributed by atoms with Gasteiger partial charge in [-0.25, -0.2) is 0 Å². The van der Waals surface area contributed by atoms with Crippen LogP contribution in [0.2, 0.25) is 16.6 Å². The summed E-state index contributed by atoms with van der Waals surface area (Å²) in [4.78, 5) is 12.2. The van der Waals surface area contributed by atoms with Crippen molar-refractivity contribution in [2.45, 2.75) is 113 Å². The molecule has 0 unspecified atom stereocenters. The molecule has 0 aromatic carbocycles. The van der Waals surface area contributed by atoms with Crippen LogP contribution in [-0.4, -0.2) is 30.4 Å². The van der Waals surface area contributed by atoms with Crippen LogP contribution in [0.25, 0.3) is 0 Å². The first kappa shape index (κ1) is 22.4. The quantitative estimate of drug-likeness (QED) is 0.174. The maximum Gasteiger partial charge on any atom is 0.308 e. The van der Waals surface area contributed by atoms with Gasteiger partial charge in [0, 0.05) is 10.3 Å². The van der Waals surface area contributed by atoms with Crippen molar-refractivity contribution >= 4 is 36.9 Å². The Labute approximate surface area is 163 Å². The zero-order valence-corrected chi connectivity index (χ0v) is 19.8. The van der Waals surface area contributed by atoms with Gasteiger partial charge in [0.25, 0.3) is 0 Å². The van der Waals surface area contributed by atoms with Crippen LogP contribution in [0.15, 0.2) is 0 Å². The van der Waals surface area contributed by atoms with Crippen molar-refractivity contribution in [3.63, 3.8) is 0 Å². The van der Waals surface area contributed by atoms with E-state index < -0.39 is 8.32 Å². The van der Waals surface area contributed by atoms with Crippen molar-refractivity contribution in [1.82, 2.24) is 0 Å². The predicted octanol–water partition coefficient (Wildman–Crippen LogP) is 6.25. The summed E-state index contributed by atoms with van der Waals surface area (Å²) < 4.78 is 12.9. The lowest BCUT2D eigenvalue weighted by molar-refractivity contribution is -0.159. The molecule has 1 fully saturated rings. The third kappa shape index (κ3) is 5.43. The average Bonchev–Trinajstić information content (AvgIpc) is 2.48. The first-order valence-electron chi connectivity index (χ1n) is 9.66. The summed E-state index contributed by atoms with van der Waals surface area (Å²) in [5.74, 6) is -0.0754. The van der Waals surface area contributed by atoms with Crippen LogP contribution < -0.4 is 0 Å². The first-order valence-corrected chi connectivity index (χ1v) is 13.0. The Bertz CT molecular complexity index is 376. The first-order chi connectivity index (χ1) is 11.1. The molecule has 5 heteroatoms. The largest absolute Gasteiger partial charge is 0.461 e. The van der Waals surface area contributed by atoms with Gasteiger partial charge in [-0.3, -0.25) is 4.79 Å². The van der Waals surface area contributed by atoms with E-state index in [0.717, 1.165) is 12.8 Å². The molecule has 24 heavy (non-hydrogen) atoms. The van der Waals surface area contributed by atoms with E-state index in [0.29, 0.717) is 27.0 Å². The van der Waals surface area contributed by atoms with E-state index in [9.17, 15) is 4.79 Å². The van der Waals surface area contributed by atoms with E-state index in [1.165, 1.54) is 12.8 Å². The van der Waals surface area contributed by atoms with Crippen molar-refractivity contribution in [3.05, 3.63) is 0 Å². The molecule has 142 valence electrons. The minimum Gasteiger partial charge on any atom is -0.461 e. The number of carbonyl (C=O) groups is 1. The fourth-order valence-corrected chi connectivity index (χ4v) is 10.8. The Kier molecular flexibility index (Phi) is 9.25. The smallest absolute Gasteiger partial charge is 0.308 e. The van der Waals surface area contributed by atoms with Crippen molar-refractivity contribution in [2.24, 2.45) is 0 Å². The summed E-state index contributed by atoms with van der Waals surface area (Å²) in [6.45, 7) is 16.0. The molecule has 0 amide bonds. The van der Waals surface area contributed by atoms with Gasteiger partial charge < -0.3 is 9.16 Å². The van der Waals surface area contributed by atoms with Gasteiger partial charge in [-0.05, 0) is 23.0 Å². The lowest BCUT2D eigenvalue weighted by atomic mass is 10.0. The Morgan fingerprint density at radius 3 is 2.17 bits per heavy atom. The maximum atomic E-state index is 12.2. The van der Waals surface area contributed by atoms with Crippen molar-refractivity contribution in [2.75, 3.05) is 0 Å². The van der Waals surface area contributed by atoms with Gasteiger partial charge in [-0.2, -0.15) is 0 Å². The van der Waals surface area contributed by atoms with Gasteiger partial charge in [0.1, 0.15) is 6.10 Å². The van der Waals surface area contributed by atoms with Gasteiger partial charge in [0.2, 0.25) is 8.32 Å². The van der Waals surface area contributed by atoms with Gasteiger partial charge in [-0.1, -0.05) is 83.9 Å². The van der Waals surface area contributed by atoms with E-state index in [1.54, 1.807) is 0 Å². The van der Waals surface area contributed by atoms with E-state index in [-0.39, 0.29) is 18.2 Å². The Hall–Kier alpha value is 0.377. The molecule has 0 aliphatic carbocycles. The molecule has 0 N–H and O–H groups in total. The highest BCUT2D eigenvalue weighted by Gasteiger charge is 2.48. The monoisotopic (exact) mass is 468 g/mol. The summed E-state index contributed by atoms with van der Waals surface area (Å²) in [6.07, 6.45) is 4.83. The summed E-state index contributed by atoms with van der Waals surface area (Å²) in [7, 11) is -1.94. The molecule has 1 saturated heterocycles. The second-order valence-electron chi connectivity index (χ2n) is 8.18. The fraction of sp³-hybridized carbons (Fsp3) is 0.947. The SMILES string of the molecule is CCCC[C@H](I)[C@H]1C[C@H](O[Si](C(C)C)(C(C)C)C(C)C)CC(=O)O1. The summed E-state index contributed by atoms with van der Waals surface area (Å²) >= 11 is 2.46. The molecule has 3 atom stereocenters. The zero-order chi connectivity index (χ0) is 18.5. The molecule has 0 aromatic heterocycles. The van der Waals surface area contributed by atoms with Crippen LogP contribution in [0.1, 0.15) is 80.6 Å². The molecule has 0 radical (unpaired) electrons. The van der Waals surface area contributed by atoms with Crippen LogP contribution in [-0.2, 0) is 14.0 Å². The number of ether oxygens (including phenoxy) is 1. The molecule has 0 spiro atoms. The molecular formula is C19H37IO3Si. The minimum atomic E-state index is -1.94. The van der Waals surface area contributed by atoms with Crippen molar-refractivity contribution < 1.29 is 14.0 Å². The molecule has 0 aromatic rings. The van der Waals surface area contributed by atoms with Crippen LogP contribution in [0.3, 0.4) is 0 Å². The highest BCUT2D eigenvalue weighted by atomic mass is 127. The van der Waals surface area contributed by atoms with Crippen LogP contribution in [0, 0.1) is 0 Å². The van der Waals surface area contributed by atoms with Crippen LogP contribution in [0.5, 0.6) is 0 Å². The third-order valence-corrected chi connectivity index (χ3v) is 13.1. The Morgan fingerprint density at radius 1 is 1.17 bits per heavy atom. The predicted molar refractivity (Wildman–Crippen MR) is 112 cm³/mol. The second kappa shape index (κ2) is 9.90. The van der Waals surface area contributed by atoms with E-state index >= 15 is 0 Å². The van der Waals surface area contributed by atoms with Crippen LogP contribution in [0.4, 0.5) is 0 Å². The number of carbonyl (C=O) groups excluding carboxylic acids is 1. The highest BCUT2D eigenvalue weighted by molar-refractivity contribution is 14.1. The number of unbranched alkanes of at least 4 members (excludes halogenated alkanes) is 1. The lowest BCUT2D eigenvalue weighted by Crippen LogP contribution is -2.52. The maximum absolute atomic E-state index is 12.2. The van der Waals surface area contributed by atoms with E-state index in [2.05, 4.69) is 71.1 Å². The van der Waals surface area contributed by atoms with Gasteiger partial charge >= 0.3 is 5.97 Å². The number of alkyl halides is 1. The number of cyclic esters (lactones) is 1. The van der Waals surface area contributed by atoms with Crippen molar-refractivity contribution in [3.8, 4) is 0 Å². The van der Waals surface area contributed by atoms with E-state index in [4.69, 9.17) is 9.16 Å². The van der Waals surface area contributed by atoms with Crippen LogP contribution >= 0.6 is 22.6 Å². The molecule has 0 bridgehead atoms. The number of rotatable bonds is 9. The molecule has 1 aliphatic heterocycles. The lowest BCUT2D eigenvalue weighted by Gasteiger charge is -2.46. The van der Waals surface area contributed by atoms with E-state index in [1.807, 2.05) is 0 Å². The highest BCUT2D eigenvalue weighted by Crippen LogP contribution is 2.44. The standard InChI is InChI=1S/C19H37IO3Si/c1-8-9-10-17(20)18-11-16(12-19(21)22-18)23-24(13(2)3,14(4)5)15(6)7/h13-18H,8-12H2,1-7H3/t16-,17-,18+/m0/s1. The molecule has 0 saturated carbocycles. The molecule has 1 aliphatic rings. The van der Waals surface area contributed by atoms with Crippen molar-refractivity contribution in [1.29, 1.82) is 0 Å². The fourth-order valence-electron chi connectivity index (χ4n) is 4.39. The van der Waals surface area contributed by atoms with Gasteiger partial charge in [0.05, 0.1) is 12.5 Å². The van der Waals surface area contributed by atoms with Gasteiger partial charge in [-0.15, -0.1) is 0 Å². The summed E-state index contributed by atoms with van der Waals surface area (Å²) in [5, 5.41) is 0. The minimum absolute atomic E-state index is 0.0154. The number of esters is 1. The number of hydrogen-bond acceptors (Lipinski definition) is 3. The third-order valence-electron chi connectivity index (χ3n) is 5.49. The normalized spacial score (nSPS) is 23.9. The average molecular weight is 468 g/mol. The Balaban J connectivity index is 2.89. The molecular weight excluding hydrogens is 431 g/mol. The molecule has 1 heterocycles. The number of halogens is 1. The topological polar surface area (TPSA) is 35.5 Å². The number of hydrogen-bond donors (Lipinski definition) is 0. The summed E-state index contributed by atoms with van der Waals surface area (Å²) in [6, 6.07) is 0.